The van der Waals surface area contributed by atoms with Crippen LogP contribution in [0.1, 0.15) is 31.9 Å². The quantitative estimate of drug-likeness (QED) is 0.758. The molecule has 1 N–H and O–H groups in total. The third-order valence-electron chi connectivity index (χ3n) is 3.27. The third-order valence-corrected chi connectivity index (χ3v) is 3.27. The molecule has 0 amide bonds. The van der Waals surface area contributed by atoms with Gasteiger partial charge in [0.1, 0.15) is 5.75 Å². The monoisotopic (exact) mass is 294 g/mol. The van der Waals surface area contributed by atoms with Crippen LogP contribution in [0.4, 0.5) is 0 Å². The predicted octanol–water partition coefficient (Wildman–Crippen LogP) is 2.39. The van der Waals surface area contributed by atoms with Gasteiger partial charge < -0.3 is 19.6 Å². The Kier molecular flexibility index (Phi) is 7.72. The molecule has 0 bridgehead atoms. The average molecular weight is 294 g/mol. The lowest BCUT2D eigenvalue weighted by Crippen LogP contribution is -2.27. The minimum absolute atomic E-state index is 0.170. The van der Waals surface area contributed by atoms with Crippen LogP contribution >= 0.6 is 0 Å². The van der Waals surface area contributed by atoms with Crippen LogP contribution in [0.3, 0.4) is 0 Å². The number of likely N-dealkylation sites (N-methyl/N-ethyl adjacent to an activating group) is 1. The molecule has 0 aliphatic rings. The normalized spacial score (nSPS) is 13.2. The third kappa shape index (κ3) is 7.46. The lowest BCUT2D eigenvalue weighted by molar-refractivity contribution is 0.125. The highest BCUT2D eigenvalue weighted by atomic mass is 16.5. The Morgan fingerprint density at radius 1 is 1.05 bits per heavy atom. The fourth-order valence-electron chi connectivity index (χ4n) is 2.19. The number of aliphatic hydroxyl groups is 1. The first-order valence-corrected chi connectivity index (χ1v) is 7.66. The Morgan fingerprint density at radius 3 is 2.19 bits per heavy atom. The summed E-state index contributed by atoms with van der Waals surface area (Å²) in [6, 6.07) is 7.72. The molecule has 0 aliphatic heterocycles. The van der Waals surface area contributed by atoms with E-state index in [0.717, 1.165) is 30.8 Å². The van der Waals surface area contributed by atoms with Gasteiger partial charge in [0.05, 0.1) is 12.2 Å². The lowest BCUT2D eigenvalue weighted by atomic mass is 10.1. The summed E-state index contributed by atoms with van der Waals surface area (Å²) in [5, 5.41) is 10.3. The summed E-state index contributed by atoms with van der Waals surface area (Å²) in [5.74, 6) is 0.847. The maximum atomic E-state index is 10.3. The number of hydrogen-bond acceptors (Lipinski definition) is 4. The standard InChI is InChI=1S/C17H30N2O2/c1-14(2)21-16-9-7-15(8-10-16)17(20)13-19(5)12-6-11-18(3)4/h7-10,14,17,20H,6,11-13H2,1-5H3. The molecule has 1 unspecified atom stereocenters. The molecule has 1 aromatic rings. The van der Waals surface area contributed by atoms with E-state index in [-0.39, 0.29) is 6.10 Å². The molecule has 4 nitrogen and oxygen atoms in total. The summed E-state index contributed by atoms with van der Waals surface area (Å²) in [7, 11) is 6.21. The van der Waals surface area contributed by atoms with Crippen molar-refractivity contribution < 1.29 is 9.84 Å². The number of nitrogens with zero attached hydrogens (tertiary/aromatic N) is 2. The van der Waals surface area contributed by atoms with Gasteiger partial charge in [-0.15, -0.1) is 0 Å². The van der Waals surface area contributed by atoms with Crippen molar-refractivity contribution in [2.24, 2.45) is 0 Å². The molecule has 0 fully saturated rings. The highest BCUT2D eigenvalue weighted by molar-refractivity contribution is 5.28. The molecule has 1 atom stereocenters. The lowest BCUT2D eigenvalue weighted by Gasteiger charge is -2.21. The van der Waals surface area contributed by atoms with Crippen LogP contribution in [0.2, 0.25) is 0 Å². The van der Waals surface area contributed by atoms with Crippen LogP contribution in [0.25, 0.3) is 0 Å². The van der Waals surface area contributed by atoms with Gasteiger partial charge in [0.25, 0.3) is 0 Å². The molecule has 0 aliphatic carbocycles. The molecule has 0 heterocycles. The maximum Gasteiger partial charge on any atom is 0.119 e. The second-order valence-electron chi connectivity index (χ2n) is 6.17. The number of aliphatic hydroxyl groups excluding tert-OH is 1. The number of ether oxygens (including phenoxy) is 1. The zero-order chi connectivity index (χ0) is 15.8. The molecule has 1 aromatic carbocycles. The van der Waals surface area contributed by atoms with E-state index in [9.17, 15) is 5.11 Å². The Hall–Kier alpha value is -1.10. The molecule has 21 heavy (non-hydrogen) atoms. The summed E-state index contributed by atoms with van der Waals surface area (Å²) in [6.45, 7) is 6.72. The molecule has 0 spiro atoms. The van der Waals surface area contributed by atoms with Gasteiger partial charge >= 0.3 is 0 Å². The summed E-state index contributed by atoms with van der Waals surface area (Å²) >= 11 is 0. The van der Waals surface area contributed by atoms with E-state index >= 15 is 0 Å². The molecule has 0 saturated heterocycles. The number of rotatable bonds is 9. The van der Waals surface area contributed by atoms with Crippen molar-refractivity contribution in [1.29, 1.82) is 0 Å². The molecular weight excluding hydrogens is 264 g/mol. The van der Waals surface area contributed by atoms with Crippen molar-refractivity contribution >= 4 is 0 Å². The van der Waals surface area contributed by atoms with Crippen molar-refractivity contribution in [3.05, 3.63) is 29.8 Å². The van der Waals surface area contributed by atoms with Crippen LogP contribution in [-0.2, 0) is 0 Å². The minimum Gasteiger partial charge on any atom is -0.491 e. The Morgan fingerprint density at radius 2 is 1.67 bits per heavy atom. The first-order chi connectivity index (χ1) is 9.88. The fraction of sp³-hybridized carbons (Fsp3) is 0.647. The molecule has 120 valence electrons. The molecule has 4 heteroatoms. The fourth-order valence-corrected chi connectivity index (χ4v) is 2.19. The van der Waals surface area contributed by atoms with E-state index < -0.39 is 6.10 Å². The Labute approximate surface area is 129 Å². The van der Waals surface area contributed by atoms with Gasteiger partial charge in [-0.1, -0.05) is 12.1 Å². The average Bonchev–Trinajstić information content (AvgIpc) is 2.38. The molecule has 1 rings (SSSR count). The van der Waals surface area contributed by atoms with Crippen molar-refractivity contribution in [3.63, 3.8) is 0 Å². The number of benzene rings is 1. The molecular formula is C17H30N2O2. The van der Waals surface area contributed by atoms with E-state index in [1.807, 2.05) is 38.1 Å². The summed E-state index contributed by atoms with van der Waals surface area (Å²) in [4.78, 5) is 4.35. The van der Waals surface area contributed by atoms with Crippen molar-refractivity contribution in [3.8, 4) is 5.75 Å². The van der Waals surface area contributed by atoms with Gasteiger partial charge in [0.15, 0.2) is 0 Å². The predicted molar refractivity (Wildman–Crippen MR) is 87.8 cm³/mol. The van der Waals surface area contributed by atoms with Crippen LogP contribution in [0.15, 0.2) is 24.3 Å². The maximum absolute atomic E-state index is 10.3. The molecule has 0 aromatic heterocycles. The molecule has 0 radical (unpaired) electrons. The largest absolute Gasteiger partial charge is 0.491 e. The number of hydrogen-bond donors (Lipinski definition) is 1. The zero-order valence-corrected chi connectivity index (χ0v) is 14.0. The van der Waals surface area contributed by atoms with E-state index in [1.165, 1.54) is 0 Å². The van der Waals surface area contributed by atoms with E-state index in [2.05, 4.69) is 30.9 Å². The van der Waals surface area contributed by atoms with Crippen molar-refractivity contribution in [2.45, 2.75) is 32.5 Å². The van der Waals surface area contributed by atoms with Crippen molar-refractivity contribution in [2.75, 3.05) is 40.8 Å². The second kappa shape index (κ2) is 9.03. The van der Waals surface area contributed by atoms with Crippen molar-refractivity contribution in [1.82, 2.24) is 9.80 Å². The summed E-state index contributed by atoms with van der Waals surface area (Å²) in [6.07, 6.45) is 0.822. The van der Waals surface area contributed by atoms with Crippen LogP contribution in [0, 0.1) is 0 Å². The van der Waals surface area contributed by atoms with E-state index in [1.54, 1.807) is 0 Å². The first kappa shape index (κ1) is 18.0. The highest BCUT2D eigenvalue weighted by Gasteiger charge is 2.11. The topological polar surface area (TPSA) is 35.9 Å². The second-order valence-corrected chi connectivity index (χ2v) is 6.17. The van der Waals surface area contributed by atoms with Gasteiger partial charge in [0, 0.05) is 6.54 Å². The molecule has 0 saturated carbocycles. The smallest absolute Gasteiger partial charge is 0.119 e. The summed E-state index contributed by atoms with van der Waals surface area (Å²) < 4.78 is 5.61. The van der Waals surface area contributed by atoms with Crippen LogP contribution in [-0.4, -0.2) is 61.8 Å². The first-order valence-electron chi connectivity index (χ1n) is 7.66. The van der Waals surface area contributed by atoms with Gasteiger partial charge in [-0.2, -0.15) is 0 Å². The SMILES string of the molecule is CC(C)Oc1ccc(C(O)CN(C)CCCN(C)C)cc1. The van der Waals surface area contributed by atoms with Crippen LogP contribution < -0.4 is 4.74 Å². The minimum atomic E-state index is -0.456. The van der Waals surface area contributed by atoms with Gasteiger partial charge in [-0.25, -0.2) is 0 Å². The van der Waals surface area contributed by atoms with Gasteiger partial charge in [-0.3, -0.25) is 0 Å². The Balaban J connectivity index is 2.42. The zero-order valence-electron chi connectivity index (χ0n) is 14.0. The van der Waals surface area contributed by atoms with Crippen LogP contribution in [0.5, 0.6) is 5.75 Å². The van der Waals surface area contributed by atoms with E-state index in [0.29, 0.717) is 6.54 Å². The summed E-state index contributed by atoms with van der Waals surface area (Å²) in [5.41, 5.74) is 0.936. The van der Waals surface area contributed by atoms with Gasteiger partial charge in [0.2, 0.25) is 0 Å². The highest BCUT2D eigenvalue weighted by Crippen LogP contribution is 2.19. The van der Waals surface area contributed by atoms with Gasteiger partial charge in [-0.05, 0) is 72.2 Å². The Bertz CT molecular complexity index is 390. The van der Waals surface area contributed by atoms with E-state index in [4.69, 9.17) is 4.74 Å².